The Morgan fingerprint density at radius 3 is 2.34 bits per heavy atom. The van der Waals surface area contributed by atoms with Gasteiger partial charge in [0.25, 0.3) is 0 Å². The lowest BCUT2D eigenvalue weighted by atomic mass is 10.0. The number of hydrogen-bond donors (Lipinski definition) is 2. The number of amides is 1. The molecular formula is C23H29N3O3. The number of benzene rings is 2. The number of methoxy groups -OCH3 is 1. The van der Waals surface area contributed by atoms with Gasteiger partial charge in [-0.15, -0.1) is 0 Å². The maximum Gasteiger partial charge on any atom is 0.337 e. The maximum atomic E-state index is 12.6. The molecule has 6 heteroatoms. The quantitative estimate of drug-likeness (QED) is 0.705. The summed E-state index contributed by atoms with van der Waals surface area (Å²) in [4.78, 5) is 26.3. The molecule has 29 heavy (non-hydrogen) atoms. The van der Waals surface area contributed by atoms with Gasteiger partial charge in [-0.2, -0.15) is 0 Å². The van der Waals surface area contributed by atoms with Gasteiger partial charge >= 0.3 is 5.97 Å². The largest absolute Gasteiger partial charge is 0.465 e. The average molecular weight is 396 g/mol. The predicted molar refractivity (Wildman–Crippen MR) is 114 cm³/mol. The number of esters is 1. The van der Waals surface area contributed by atoms with E-state index < -0.39 is 0 Å². The predicted octanol–water partition coefficient (Wildman–Crippen LogP) is 3.05. The van der Waals surface area contributed by atoms with Crippen LogP contribution in [0.15, 0.2) is 54.6 Å². The lowest BCUT2D eigenvalue weighted by Gasteiger charge is -2.36. The Morgan fingerprint density at radius 2 is 1.72 bits per heavy atom. The van der Waals surface area contributed by atoms with Crippen molar-refractivity contribution in [1.29, 1.82) is 0 Å². The second kappa shape index (κ2) is 10.1. The van der Waals surface area contributed by atoms with E-state index in [-0.39, 0.29) is 17.9 Å². The Bertz CT molecular complexity index is 800. The molecule has 0 saturated carbocycles. The molecule has 0 aliphatic carbocycles. The molecule has 154 valence electrons. The van der Waals surface area contributed by atoms with Crippen molar-refractivity contribution in [1.82, 2.24) is 10.2 Å². The third-order valence-corrected chi connectivity index (χ3v) is 5.44. The van der Waals surface area contributed by atoms with E-state index in [1.54, 1.807) is 12.1 Å². The molecule has 0 radical (unpaired) electrons. The van der Waals surface area contributed by atoms with Crippen LogP contribution in [0.5, 0.6) is 0 Å². The highest BCUT2D eigenvalue weighted by molar-refractivity contribution is 5.89. The van der Waals surface area contributed by atoms with Gasteiger partial charge in [0, 0.05) is 31.4 Å². The van der Waals surface area contributed by atoms with E-state index in [1.807, 2.05) is 37.3 Å². The minimum absolute atomic E-state index is 0.0245. The molecule has 1 saturated heterocycles. The molecule has 0 bridgehead atoms. The summed E-state index contributed by atoms with van der Waals surface area (Å²) >= 11 is 0. The first-order valence-electron chi connectivity index (χ1n) is 10.1. The van der Waals surface area contributed by atoms with Crippen molar-refractivity contribution in [2.45, 2.75) is 38.4 Å². The topological polar surface area (TPSA) is 70.7 Å². The zero-order chi connectivity index (χ0) is 20.6. The van der Waals surface area contributed by atoms with Crippen molar-refractivity contribution in [3.05, 3.63) is 65.7 Å². The smallest absolute Gasteiger partial charge is 0.337 e. The Morgan fingerprint density at radius 1 is 1.07 bits per heavy atom. The molecule has 1 atom stereocenters. The van der Waals surface area contributed by atoms with E-state index in [2.05, 4.69) is 27.7 Å². The van der Waals surface area contributed by atoms with Crippen LogP contribution in [0.4, 0.5) is 5.69 Å². The summed E-state index contributed by atoms with van der Waals surface area (Å²) in [6.45, 7) is 4.19. The minimum atomic E-state index is -0.362. The van der Waals surface area contributed by atoms with Gasteiger partial charge in [0.2, 0.25) is 5.91 Å². The number of nitrogens with zero attached hydrogens (tertiary/aromatic N) is 1. The van der Waals surface area contributed by atoms with Crippen LogP contribution in [0.1, 0.15) is 35.7 Å². The number of carbonyl (C=O) groups excluding carboxylic acids is 2. The summed E-state index contributed by atoms with van der Waals surface area (Å²) in [5.74, 6) is -0.337. The second-order valence-corrected chi connectivity index (χ2v) is 7.40. The summed E-state index contributed by atoms with van der Waals surface area (Å²) in [5, 5.41) is 6.57. The highest BCUT2D eigenvalue weighted by Crippen LogP contribution is 2.18. The van der Waals surface area contributed by atoms with Crippen molar-refractivity contribution >= 4 is 17.6 Å². The SMILES string of the molecule is COC(=O)c1ccc(CNC(=O)C(C)N2CCC(Nc3ccccc3)CC2)cc1. The molecule has 0 spiro atoms. The number of likely N-dealkylation sites (tertiary alicyclic amines) is 1. The van der Waals surface area contributed by atoms with Gasteiger partial charge < -0.3 is 15.4 Å². The minimum Gasteiger partial charge on any atom is -0.465 e. The van der Waals surface area contributed by atoms with E-state index in [0.717, 1.165) is 37.2 Å². The van der Waals surface area contributed by atoms with Gasteiger partial charge in [-0.05, 0) is 49.6 Å². The zero-order valence-corrected chi connectivity index (χ0v) is 17.1. The van der Waals surface area contributed by atoms with Crippen LogP contribution in [0.25, 0.3) is 0 Å². The van der Waals surface area contributed by atoms with Crippen molar-refractivity contribution in [2.75, 3.05) is 25.5 Å². The van der Waals surface area contributed by atoms with E-state index in [9.17, 15) is 9.59 Å². The van der Waals surface area contributed by atoms with Crippen LogP contribution in [-0.4, -0.2) is 49.1 Å². The Labute approximate surface area is 172 Å². The fourth-order valence-electron chi connectivity index (χ4n) is 3.58. The van der Waals surface area contributed by atoms with Crippen LogP contribution < -0.4 is 10.6 Å². The molecule has 1 aliphatic rings. The fraction of sp³-hybridized carbons (Fsp3) is 0.391. The number of hydrogen-bond acceptors (Lipinski definition) is 5. The van der Waals surface area contributed by atoms with Gasteiger partial charge in [-0.1, -0.05) is 30.3 Å². The van der Waals surface area contributed by atoms with E-state index in [1.165, 1.54) is 7.11 Å². The first kappa shape index (κ1) is 20.9. The third-order valence-electron chi connectivity index (χ3n) is 5.44. The summed E-state index contributed by atoms with van der Waals surface area (Å²) in [6.07, 6.45) is 2.03. The number of para-hydroxylation sites is 1. The monoisotopic (exact) mass is 395 g/mol. The average Bonchev–Trinajstić information content (AvgIpc) is 2.78. The van der Waals surface area contributed by atoms with E-state index in [4.69, 9.17) is 4.74 Å². The van der Waals surface area contributed by atoms with Crippen molar-refractivity contribution in [3.63, 3.8) is 0 Å². The highest BCUT2D eigenvalue weighted by Gasteiger charge is 2.26. The molecule has 2 aromatic rings. The molecule has 1 unspecified atom stereocenters. The van der Waals surface area contributed by atoms with Gasteiger partial charge in [-0.25, -0.2) is 4.79 Å². The van der Waals surface area contributed by atoms with Crippen LogP contribution in [-0.2, 0) is 16.1 Å². The fourth-order valence-corrected chi connectivity index (χ4v) is 3.58. The van der Waals surface area contributed by atoms with Crippen molar-refractivity contribution < 1.29 is 14.3 Å². The Hall–Kier alpha value is -2.86. The lowest BCUT2D eigenvalue weighted by Crippen LogP contribution is -2.49. The number of nitrogens with one attached hydrogen (secondary N) is 2. The summed E-state index contributed by atoms with van der Waals surface area (Å²) < 4.78 is 4.70. The second-order valence-electron chi connectivity index (χ2n) is 7.40. The summed E-state index contributed by atoms with van der Waals surface area (Å²) in [7, 11) is 1.36. The zero-order valence-electron chi connectivity index (χ0n) is 17.1. The number of carbonyl (C=O) groups is 2. The molecule has 1 amide bonds. The van der Waals surface area contributed by atoms with Crippen molar-refractivity contribution in [2.24, 2.45) is 0 Å². The van der Waals surface area contributed by atoms with Crippen molar-refractivity contribution in [3.8, 4) is 0 Å². The van der Waals surface area contributed by atoms with Gasteiger partial charge in [0.1, 0.15) is 0 Å². The normalized spacial score (nSPS) is 16.1. The Kier molecular flexibility index (Phi) is 7.25. The first-order chi connectivity index (χ1) is 14.1. The van der Waals surface area contributed by atoms with Crippen LogP contribution in [0.3, 0.4) is 0 Å². The third kappa shape index (κ3) is 5.81. The van der Waals surface area contributed by atoms with Gasteiger partial charge in [-0.3, -0.25) is 9.69 Å². The highest BCUT2D eigenvalue weighted by atomic mass is 16.5. The number of rotatable bonds is 7. The molecule has 6 nitrogen and oxygen atoms in total. The first-order valence-corrected chi connectivity index (χ1v) is 10.1. The number of anilines is 1. The standard InChI is InChI=1S/C23H29N3O3/c1-17(22(27)24-16-18-8-10-19(11-9-18)23(28)29-2)26-14-12-21(13-15-26)25-20-6-4-3-5-7-20/h3-11,17,21,25H,12-16H2,1-2H3,(H,24,27). The molecule has 2 N–H and O–H groups in total. The molecule has 0 aromatic heterocycles. The molecule has 1 aliphatic heterocycles. The van der Waals surface area contributed by atoms with Crippen LogP contribution >= 0.6 is 0 Å². The Balaban J connectivity index is 1.43. The van der Waals surface area contributed by atoms with Crippen LogP contribution in [0, 0.1) is 0 Å². The van der Waals surface area contributed by atoms with E-state index >= 15 is 0 Å². The molecule has 3 rings (SSSR count). The summed E-state index contributed by atoms with van der Waals surface area (Å²) in [5.41, 5.74) is 2.60. The van der Waals surface area contributed by atoms with E-state index in [0.29, 0.717) is 18.2 Å². The molecule has 1 fully saturated rings. The molecule has 2 aromatic carbocycles. The number of piperidine rings is 1. The summed E-state index contributed by atoms with van der Waals surface area (Å²) in [6, 6.07) is 17.6. The lowest BCUT2D eigenvalue weighted by molar-refractivity contribution is -0.126. The molecule has 1 heterocycles. The maximum absolute atomic E-state index is 12.6. The van der Waals surface area contributed by atoms with Crippen LogP contribution in [0.2, 0.25) is 0 Å². The number of ether oxygens (including phenoxy) is 1. The van der Waals surface area contributed by atoms with Gasteiger partial charge in [0.15, 0.2) is 0 Å². The van der Waals surface area contributed by atoms with Gasteiger partial charge in [0.05, 0.1) is 18.7 Å². The molecular weight excluding hydrogens is 366 g/mol.